The van der Waals surface area contributed by atoms with E-state index in [-0.39, 0.29) is 11.8 Å². The van der Waals surface area contributed by atoms with Crippen LogP contribution in [0.5, 0.6) is 5.75 Å². The van der Waals surface area contributed by atoms with Gasteiger partial charge in [0.25, 0.3) is 0 Å². The van der Waals surface area contributed by atoms with E-state index in [4.69, 9.17) is 4.74 Å². The van der Waals surface area contributed by atoms with Gasteiger partial charge in [0, 0.05) is 12.5 Å². The van der Waals surface area contributed by atoms with E-state index in [1.54, 1.807) is 14.0 Å². The molecule has 0 aliphatic carbocycles. The van der Waals surface area contributed by atoms with Crippen molar-refractivity contribution in [3.63, 3.8) is 0 Å². The molecule has 100 valence electrons. The van der Waals surface area contributed by atoms with Gasteiger partial charge < -0.3 is 9.64 Å². The molecule has 0 saturated carbocycles. The van der Waals surface area contributed by atoms with Crippen molar-refractivity contribution in [3.05, 3.63) is 28.8 Å². The van der Waals surface area contributed by atoms with Crippen molar-refractivity contribution in [1.82, 2.24) is 4.90 Å². The van der Waals surface area contributed by atoms with Crippen LogP contribution in [0.4, 0.5) is 0 Å². The second-order valence-electron chi connectivity index (χ2n) is 4.99. The highest BCUT2D eigenvalue weighted by Gasteiger charge is 2.19. The Hall–Kier alpha value is -1.35. The Morgan fingerprint density at radius 2 is 1.89 bits per heavy atom. The number of rotatable bonds is 5. The van der Waals surface area contributed by atoms with Crippen LogP contribution in [0.15, 0.2) is 12.1 Å². The zero-order valence-electron chi connectivity index (χ0n) is 12.2. The zero-order valence-corrected chi connectivity index (χ0v) is 12.2. The molecule has 3 nitrogen and oxygen atoms in total. The average Bonchev–Trinajstić information content (AvgIpc) is 2.29. The standard InChI is InChI=1S/C15H23NO2/c1-10(17)9-14(16(4)5)13-7-8-15(18-6)12(3)11(13)2/h7-8,14H,9H2,1-6H3. The first-order valence-electron chi connectivity index (χ1n) is 6.18. The number of ketones is 1. The fourth-order valence-electron chi connectivity index (χ4n) is 2.24. The van der Waals surface area contributed by atoms with Gasteiger partial charge >= 0.3 is 0 Å². The van der Waals surface area contributed by atoms with Crippen LogP contribution >= 0.6 is 0 Å². The monoisotopic (exact) mass is 249 g/mol. The van der Waals surface area contributed by atoms with Crippen molar-refractivity contribution in [1.29, 1.82) is 0 Å². The molecule has 0 spiro atoms. The van der Waals surface area contributed by atoms with Gasteiger partial charge in [-0.1, -0.05) is 6.07 Å². The third-order valence-corrected chi connectivity index (χ3v) is 3.46. The summed E-state index contributed by atoms with van der Waals surface area (Å²) in [6.45, 7) is 5.78. The fourth-order valence-corrected chi connectivity index (χ4v) is 2.24. The maximum Gasteiger partial charge on any atom is 0.131 e. The van der Waals surface area contributed by atoms with Gasteiger partial charge in [0.05, 0.1) is 7.11 Å². The highest BCUT2D eigenvalue weighted by Crippen LogP contribution is 2.31. The molecular formula is C15H23NO2. The number of benzene rings is 1. The van der Waals surface area contributed by atoms with Crippen LogP contribution in [-0.2, 0) is 4.79 Å². The van der Waals surface area contributed by atoms with Crippen molar-refractivity contribution < 1.29 is 9.53 Å². The van der Waals surface area contributed by atoms with E-state index < -0.39 is 0 Å². The lowest BCUT2D eigenvalue weighted by atomic mass is 9.93. The summed E-state index contributed by atoms with van der Waals surface area (Å²) in [5.74, 6) is 1.11. The Bertz CT molecular complexity index is 438. The second kappa shape index (κ2) is 6.01. The molecule has 3 heteroatoms. The van der Waals surface area contributed by atoms with Gasteiger partial charge in [-0.05, 0) is 57.6 Å². The molecule has 0 N–H and O–H groups in total. The molecule has 1 aromatic rings. The Kier molecular flexibility index (Phi) is 4.91. The van der Waals surface area contributed by atoms with Crippen LogP contribution in [0.2, 0.25) is 0 Å². The summed E-state index contributed by atoms with van der Waals surface area (Å²) >= 11 is 0. The average molecular weight is 249 g/mol. The van der Waals surface area contributed by atoms with Crippen LogP contribution in [0.25, 0.3) is 0 Å². The van der Waals surface area contributed by atoms with Crippen LogP contribution in [0.3, 0.4) is 0 Å². The molecule has 0 aliphatic rings. The number of carbonyl (C=O) groups is 1. The minimum absolute atomic E-state index is 0.132. The van der Waals surface area contributed by atoms with E-state index in [1.165, 1.54) is 11.1 Å². The van der Waals surface area contributed by atoms with E-state index in [1.807, 2.05) is 20.2 Å². The number of nitrogens with zero attached hydrogens (tertiary/aromatic N) is 1. The summed E-state index contributed by atoms with van der Waals surface area (Å²) in [7, 11) is 5.69. The second-order valence-corrected chi connectivity index (χ2v) is 4.99. The lowest BCUT2D eigenvalue weighted by Crippen LogP contribution is -2.23. The van der Waals surface area contributed by atoms with Gasteiger partial charge in [-0.25, -0.2) is 0 Å². The van der Waals surface area contributed by atoms with E-state index in [2.05, 4.69) is 24.8 Å². The predicted molar refractivity (Wildman–Crippen MR) is 74.2 cm³/mol. The number of ether oxygens (including phenoxy) is 1. The van der Waals surface area contributed by atoms with Crippen molar-refractivity contribution in [2.45, 2.75) is 33.2 Å². The summed E-state index contributed by atoms with van der Waals surface area (Å²) in [5.41, 5.74) is 3.55. The van der Waals surface area contributed by atoms with Gasteiger partial charge in [0.2, 0.25) is 0 Å². The maximum absolute atomic E-state index is 11.4. The Morgan fingerprint density at radius 3 is 2.33 bits per heavy atom. The molecule has 0 fully saturated rings. The molecule has 0 bridgehead atoms. The molecule has 0 saturated heterocycles. The summed E-state index contributed by atoms with van der Waals surface area (Å²) < 4.78 is 5.32. The number of hydrogen-bond acceptors (Lipinski definition) is 3. The SMILES string of the molecule is COc1ccc(C(CC(C)=O)N(C)C)c(C)c1C. The number of Topliss-reactive ketones (excluding diaryl/α,β-unsaturated/α-hetero) is 1. The Labute approximate surface area is 110 Å². The van der Waals surface area contributed by atoms with Crippen molar-refractivity contribution in [2.75, 3.05) is 21.2 Å². The summed E-state index contributed by atoms with van der Waals surface area (Å²) in [4.78, 5) is 13.5. The Balaban J connectivity index is 3.21. The molecule has 0 amide bonds. The van der Waals surface area contributed by atoms with Gasteiger partial charge in [0.15, 0.2) is 0 Å². The van der Waals surface area contributed by atoms with Crippen molar-refractivity contribution in [3.8, 4) is 5.75 Å². The van der Waals surface area contributed by atoms with E-state index in [0.29, 0.717) is 6.42 Å². The van der Waals surface area contributed by atoms with Gasteiger partial charge in [-0.2, -0.15) is 0 Å². The van der Waals surface area contributed by atoms with Crippen LogP contribution in [0.1, 0.15) is 36.1 Å². The third kappa shape index (κ3) is 3.10. The first-order chi connectivity index (χ1) is 8.38. The molecule has 0 aromatic heterocycles. The van der Waals surface area contributed by atoms with Crippen molar-refractivity contribution in [2.24, 2.45) is 0 Å². The molecule has 18 heavy (non-hydrogen) atoms. The van der Waals surface area contributed by atoms with Gasteiger partial charge in [0.1, 0.15) is 11.5 Å². The number of hydrogen-bond donors (Lipinski definition) is 0. The predicted octanol–water partition coefficient (Wildman–Crippen LogP) is 2.89. The lowest BCUT2D eigenvalue weighted by molar-refractivity contribution is -0.118. The van der Waals surface area contributed by atoms with Crippen LogP contribution in [-0.4, -0.2) is 31.9 Å². The minimum atomic E-state index is 0.132. The number of methoxy groups -OCH3 is 1. The molecule has 1 aromatic carbocycles. The van der Waals surface area contributed by atoms with Crippen LogP contribution in [0, 0.1) is 13.8 Å². The lowest BCUT2D eigenvalue weighted by Gasteiger charge is -2.26. The minimum Gasteiger partial charge on any atom is -0.496 e. The first-order valence-corrected chi connectivity index (χ1v) is 6.18. The molecular weight excluding hydrogens is 226 g/mol. The molecule has 0 heterocycles. The topological polar surface area (TPSA) is 29.5 Å². The largest absolute Gasteiger partial charge is 0.496 e. The van der Waals surface area contributed by atoms with E-state index in [0.717, 1.165) is 11.3 Å². The highest BCUT2D eigenvalue weighted by molar-refractivity contribution is 5.76. The third-order valence-electron chi connectivity index (χ3n) is 3.46. The zero-order chi connectivity index (χ0) is 13.9. The van der Waals surface area contributed by atoms with Crippen LogP contribution < -0.4 is 4.74 Å². The summed E-state index contributed by atoms with van der Waals surface area (Å²) in [6.07, 6.45) is 0.541. The molecule has 1 atom stereocenters. The van der Waals surface area contributed by atoms with E-state index in [9.17, 15) is 4.79 Å². The Morgan fingerprint density at radius 1 is 1.28 bits per heavy atom. The summed E-state index contributed by atoms with van der Waals surface area (Å²) in [5, 5.41) is 0. The van der Waals surface area contributed by atoms with Gasteiger partial charge in [-0.15, -0.1) is 0 Å². The molecule has 1 rings (SSSR count). The smallest absolute Gasteiger partial charge is 0.131 e. The fraction of sp³-hybridized carbons (Fsp3) is 0.533. The molecule has 0 aliphatic heterocycles. The molecule has 1 unspecified atom stereocenters. The highest BCUT2D eigenvalue weighted by atomic mass is 16.5. The maximum atomic E-state index is 11.4. The summed E-state index contributed by atoms with van der Waals surface area (Å²) in [6, 6.07) is 4.18. The number of carbonyl (C=O) groups excluding carboxylic acids is 1. The normalized spacial score (nSPS) is 12.6. The van der Waals surface area contributed by atoms with Gasteiger partial charge in [-0.3, -0.25) is 4.79 Å². The van der Waals surface area contributed by atoms with Crippen molar-refractivity contribution >= 4 is 5.78 Å². The quantitative estimate of drug-likeness (QED) is 0.803. The first kappa shape index (κ1) is 14.7. The molecule has 0 radical (unpaired) electrons. The van der Waals surface area contributed by atoms with E-state index >= 15 is 0 Å².